The lowest BCUT2D eigenvalue weighted by atomic mass is 10.1. The monoisotopic (exact) mass is 206 g/mol. The predicted octanol–water partition coefficient (Wildman–Crippen LogP) is 5.43. The first-order valence-electron chi connectivity index (χ1n) is 6.00. The van der Waals surface area contributed by atoms with Crippen molar-refractivity contribution in [1.82, 2.24) is 0 Å². The Bertz CT molecular complexity index is 247. The molecule has 0 saturated heterocycles. The number of rotatable bonds is 6. The Morgan fingerprint density at radius 1 is 0.867 bits per heavy atom. The molecule has 0 unspecified atom stereocenters. The standard InChI is InChI=1S/C15H26/c1-6-14(4)10-8-12-15(5)11-7-9-13(2)3/h9-10,12H,6-8,11H2,1-5H3/b14-10+,15-12-. The Labute approximate surface area is 95.8 Å². The van der Waals surface area contributed by atoms with Crippen molar-refractivity contribution >= 4 is 0 Å². The lowest BCUT2D eigenvalue weighted by Gasteiger charge is -1.98. The summed E-state index contributed by atoms with van der Waals surface area (Å²) in [7, 11) is 0. The van der Waals surface area contributed by atoms with Crippen LogP contribution in [-0.2, 0) is 0 Å². The third kappa shape index (κ3) is 9.52. The van der Waals surface area contributed by atoms with Gasteiger partial charge in [0.1, 0.15) is 0 Å². The zero-order valence-corrected chi connectivity index (χ0v) is 11.1. The second-order valence-electron chi connectivity index (χ2n) is 4.51. The summed E-state index contributed by atoms with van der Waals surface area (Å²) < 4.78 is 0. The molecule has 0 nitrogen and oxygen atoms in total. The zero-order valence-electron chi connectivity index (χ0n) is 11.1. The molecule has 0 aromatic heterocycles. The first kappa shape index (κ1) is 14.2. The van der Waals surface area contributed by atoms with Crippen LogP contribution in [0.2, 0.25) is 0 Å². The lowest BCUT2D eigenvalue weighted by Crippen LogP contribution is -1.78. The van der Waals surface area contributed by atoms with Gasteiger partial charge in [-0.15, -0.1) is 0 Å². The van der Waals surface area contributed by atoms with Crippen LogP contribution in [0.5, 0.6) is 0 Å². The van der Waals surface area contributed by atoms with Gasteiger partial charge in [-0.3, -0.25) is 0 Å². The fourth-order valence-corrected chi connectivity index (χ4v) is 1.30. The summed E-state index contributed by atoms with van der Waals surface area (Å²) in [6.07, 6.45) is 11.6. The van der Waals surface area contributed by atoms with Crippen molar-refractivity contribution in [1.29, 1.82) is 0 Å². The van der Waals surface area contributed by atoms with Gasteiger partial charge >= 0.3 is 0 Å². The summed E-state index contributed by atoms with van der Waals surface area (Å²) in [4.78, 5) is 0. The van der Waals surface area contributed by atoms with Crippen molar-refractivity contribution in [3.63, 3.8) is 0 Å². The van der Waals surface area contributed by atoms with Crippen LogP contribution >= 0.6 is 0 Å². The quantitative estimate of drug-likeness (QED) is 0.509. The topological polar surface area (TPSA) is 0 Å². The minimum absolute atomic E-state index is 1.10. The molecule has 0 amide bonds. The van der Waals surface area contributed by atoms with Crippen LogP contribution in [0.4, 0.5) is 0 Å². The molecule has 0 heteroatoms. The van der Waals surface area contributed by atoms with E-state index in [1.165, 1.54) is 36.0 Å². The first-order chi connectivity index (χ1) is 7.06. The highest BCUT2D eigenvalue weighted by molar-refractivity contribution is 5.07. The van der Waals surface area contributed by atoms with E-state index < -0.39 is 0 Å². The SMILES string of the molecule is CC/C(C)=C/C/C=C(/C)CCC=C(C)C. The van der Waals surface area contributed by atoms with E-state index >= 15 is 0 Å². The molecule has 0 N–H and O–H groups in total. The molecule has 15 heavy (non-hydrogen) atoms. The van der Waals surface area contributed by atoms with E-state index in [1.54, 1.807) is 0 Å². The van der Waals surface area contributed by atoms with Gasteiger partial charge < -0.3 is 0 Å². The van der Waals surface area contributed by atoms with Crippen molar-refractivity contribution in [3.8, 4) is 0 Å². The van der Waals surface area contributed by atoms with E-state index in [0.29, 0.717) is 0 Å². The highest BCUT2D eigenvalue weighted by Gasteiger charge is 1.88. The summed E-state index contributed by atoms with van der Waals surface area (Å²) in [5.74, 6) is 0. The van der Waals surface area contributed by atoms with Crippen LogP contribution in [0.3, 0.4) is 0 Å². The van der Waals surface area contributed by atoms with Crippen molar-refractivity contribution in [2.75, 3.05) is 0 Å². The third-order valence-electron chi connectivity index (χ3n) is 2.58. The lowest BCUT2D eigenvalue weighted by molar-refractivity contribution is 0.956. The first-order valence-corrected chi connectivity index (χ1v) is 6.00. The van der Waals surface area contributed by atoms with E-state index in [2.05, 4.69) is 52.8 Å². The maximum atomic E-state index is 2.35. The van der Waals surface area contributed by atoms with Gasteiger partial charge in [-0.1, -0.05) is 41.9 Å². The molecule has 0 aliphatic rings. The molecular weight excluding hydrogens is 180 g/mol. The fraction of sp³-hybridized carbons (Fsp3) is 0.600. The zero-order chi connectivity index (χ0) is 11.7. The minimum atomic E-state index is 1.10. The Morgan fingerprint density at radius 3 is 2.00 bits per heavy atom. The number of hydrogen-bond donors (Lipinski definition) is 0. The van der Waals surface area contributed by atoms with Crippen LogP contribution < -0.4 is 0 Å². The number of hydrogen-bond acceptors (Lipinski definition) is 0. The molecule has 0 radical (unpaired) electrons. The van der Waals surface area contributed by atoms with Gasteiger partial charge in [0.25, 0.3) is 0 Å². The summed E-state index contributed by atoms with van der Waals surface area (Å²) in [6.45, 7) is 11.0. The average molecular weight is 206 g/mol. The van der Waals surface area contributed by atoms with Crippen molar-refractivity contribution in [2.24, 2.45) is 0 Å². The van der Waals surface area contributed by atoms with Crippen LogP contribution in [0.15, 0.2) is 34.9 Å². The fourth-order valence-electron chi connectivity index (χ4n) is 1.30. The molecule has 0 aliphatic heterocycles. The highest BCUT2D eigenvalue weighted by Crippen LogP contribution is 2.09. The van der Waals surface area contributed by atoms with Gasteiger partial charge in [0, 0.05) is 0 Å². The van der Waals surface area contributed by atoms with Gasteiger partial charge in [-0.2, -0.15) is 0 Å². The molecule has 0 rings (SSSR count). The van der Waals surface area contributed by atoms with Gasteiger partial charge in [-0.25, -0.2) is 0 Å². The van der Waals surface area contributed by atoms with E-state index in [0.717, 1.165) is 6.42 Å². The van der Waals surface area contributed by atoms with Crippen LogP contribution in [-0.4, -0.2) is 0 Å². The van der Waals surface area contributed by atoms with E-state index in [-0.39, 0.29) is 0 Å². The molecule has 0 aromatic carbocycles. The van der Waals surface area contributed by atoms with E-state index in [1.807, 2.05) is 0 Å². The molecule has 0 bridgehead atoms. The highest BCUT2D eigenvalue weighted by atomic mass is 13.9. The Balaban J connectivity index is 3.85. The Kier molecular flexibility index (Phi) is 8.08. The molecule has 0 aliphatic carbocycles. The van der Waals surface area contributed by atoms with E-state index in [9.17, 15) is 0 Å². The summed E-state index contributed by atoms with van der Waals surface area (Å²) >= 11 is 0. The van der Waals surface area contributed by atoms with Crippen LogP contribution in [0, 0.1) is 0 Å². The van der Waals surface area contributed by atoms with Crippen molar-refractivity contribution in [2.45, 2.75) is 60.3 Å². The van der Waals surface area contributed by atoms with E-state index in [4.69, 9.17) is 0 Å². The molecule has 0 saturated carbocycles. The minimum Gasteiger partial charge on any atom is -0.0856 e. The van der Waals surface area contributed by atoms with Crippen molar-refractivity contribution in [3.05, 3.63) is 34.9 Å². The third-order valence-corrected chi connectivity index (χ3v) is 2.58. The second kappa shape index (κ2) is 8.52. The maximum Gasteiger partial charge on any atom is -0.0164 e. The van der Waals surface area contributed by atoms with Gasteiger partial charge in [-0.05, 0) is 53.4 Å². The molecule has 0 aromatic rings. The van der Waals surface area contributed by atoms with Crippen LogP contribution in [0.1, 0.15) is 60.3 Å². The molecule has 0 heterocycles. The Hall–Kier alpha value is -0.780. The predicted molar refractivity (Wildman–Crippen MR) is 71.1 cm³/mol. The Morgan fingerprint density at radius 2 is 1.47 bits per heavy atom. The number of allylic oxidation sites excluding steroid dienone is 6. The van der Waals surface area contributed by atoms with Gasteiger partial charge in [0.2, 0.25) is 0 Å². The summed E-state index contributed by atoms with van der Waals surface area (Å²) in [5, 5.41) is 0. The van der Waals surface area contributed by atoms with Gasteiger partial charge in [0.15, 0.2) is 0 Å². The smallest absolute Gasteiger partial charge is 0.0164 e. The molecule has 0 spiro atoms. The maximum absolute atomic E-state index is 2.35. The molecule has 0 atom stereocenters. The second-order valence-corrected chi connectivity index (χ2v) is 4.51. The van der Waals surface area contributed by atoms with Crippen LogP contribution in [0.25, 0.3) is 0 Å². The van der Waals surface area contributed by atoms with Gasteiger partial charge in [0.05, 0.1) is 0 Å². The normalized spacial score (nSPS) is 12.9. The largest absolute Gasteiger partial charge is 0.0856 e. The molecular formula is C15H26. The average Bonchev–Trinajstić information content (AvgIpc) is 2.17. The van der Waals surface area contributed by atoms with Crippen molar-refractivity contribution < 1.29 is 0 Å². The molecule has 86 valence electrons. The summed E-state index contributed by atoms with van der Waals surface area (Å²) in [6, 6.07) is 0. The summed E-state index contributed by atoms with van der Waals surface area (Å²) in [5.41, 5.74) is 4.42. The molecule has 0 fully saturated rings.